The standard InChI is InChI=1S/C23H21IN4O/c1-25-23-20-14-17(16-5-2-7-19(13-16)29-12-4-10-24)8-9-21(20)27-22(28-23)18-6-3-11-26-15-18/h2-3,5-9,11,13-15H,4,10,12H2,1H3,(H,25,27,28). The van der Waals surface area contributed by atoms with E-state index in [1.54, 1.807) is 12.4 Å². The highest BCUT2D eigenvalue weighted by Crippen LogP contribution is 2.30. The number of halogens is 1. The maximum atomic E-state index is 5.86. The first-order chi connectivity index (χ1) is 14.3. The Labute approximate surface area is 183 Å². The van der Waals surface area contributed by atoms with Gasteiger partial charge in [0.2, 0.25) is 0 Å². The van der Waals surface area contributed by atoms with Gasteiger partial charge in [-0.15, -0.1) is 0 Å². The fourth-order valence-corrected chi connectivity index (χ4v) is 3.44. The van der Waals surface area contributed by atoms with Crippen molar-refractivity contribution in [2.75, 3.05) is 23.4 Å². The van der Waals surface area contributed by atoms with Crippen LogP contribution in [-0.4, -0.2) is 33.0 Å². The number of nitrogens with zero attached hydrogens (tertiary/aromatic N) is 3. The molecule has 2 aromatic carbocycles. The number of anilines is 1. The normalized spacial score (nSPS) is 10.8. The van der Waals surface area contributed by atoms with Crippen molar-refractivity contribution in [2.24, 2.45) is 0 Å². The van der Waals surface area contributed by atoms with Gasteiger partial charge in [0, 0.05) is 34.8 Å². The molecule has 0 radical (unpaired) electrons. The van der Waals surface area contributed by atoms with Crippen molar-refractivity contribution in [3.05, 3.63) is 67.0 Å². The van der Waals surface area contributed by atoms with Crippen molar-refractivity contribution >= 4 is 39.3 Å². The van der Waals surface area contributed by atoms with E-state index in [0.29, 0.717) is 5.82 Å². The second-order valence-corrected chi connectivity index (χ2v) is 7.62. The largest absolute Gasteiger partial charge is 0.494 e. The summed E-state index contributed by atoms with van der Waals surface area (Å²) in [5.41, 5.74) is 4.00. The molecule has 4 aromatic rings. The number of hydrogen-bond donors (Lipinski definition) is 1. The van der Waals surface area contributed by atoms with Gasteiger partial charge in [0.15, 0.2) is 5.82 Å². The van der Waals surface area contributed by atoms with E-state index in [9.17, 15) is 0 Å². The van der Waals surface area contributed by atoms with Crippen LogP contribution >= 0.6 is 22.6 Å². The summed E-state index contributed by atoms with van der Waals surface area (Å²) in [5, 5.41) is 4.19. The Hall–Kier alpha value is -2.74. The molecule has 0 aliphatic rings. The third kappa shape index (κ3) is 4.48. The molecule has 6 heteroatoms. The minimum atomic E-state index is 0.661. The molecule has 0 aliphatic heterocycles. The first-order valence-corrected chi connectivity index (χ1v) is 11.0. The molecule has 0 atom stereocenters. The van der Waals surface area contributed by atoms with E-state index < -0.39 is 0 Å². The summed E-state index contributed by atoms with van der Waals surface area (Å²) in [7, 11) is 1.88. The van der Waals surface area contributed by atoms with Gasteiger partial charge in [-0.1, -0.05) is 40.8 Å². The van der Waals surface area contributed by atoms with Crippen molar-refractivity contribution in [3.8, 4) is 28.3 Å². The van der Waals surface area contributed by atoms with Crippen LogP contribution in [0.15, 0.2) is 67.0 Å². The van der Waals surface area contributed by atoms with Gasteiger partial charge in [0.05, 0.1) is 12.1 Å². The predicted octanol–water partition coefficient (Wildman–Crippen LogP) is 5.60. The van der Waals surface area contributed by atoms with E-state index in [-0.39, 0.29) is 0 Å². The zero-order chi connectivity index (χ0) is 20.1. The highest BCUT2D eigenvalue weighted by Gasteiger charge is 2.10. The quantitative estimate of drug-likeness (QED) is 0.205. The first kappa shape index (κ1) is 19.6. The lowest BCUT2D eigenvalue weighted by molar-refractivity contribution is 0.319. The van der Waals surface area contributed by atoms with Gasteiger partial charge < -0.3 is 10.1 Å². The lowest BCUT2D eigenvalue weighted by Crippen LogP contribution is -1.99. The van der Waals surface area contributed by atoms with Crippen molar-refractivity contribution in [1.29, 1.82) is 0 Å². The van der Waals surface area contributed by atoms with Crippen LogP contribution in [0.1, 0.15) is 6.42 Å². The highest BCUT2D eigenvalue weighted by molar-refractivity contribution is 14.1. The molecule has 5 nitrogen and oxygen atoms in total. The van der Waals surface area contributed by atoms with Crippen molar-refractivity contribution in [1.82, 2.24) is 15.0 Å². The van der Waals surface area contributed by atoms with Crippen molar-refractivity contribution in [2.45, 2.75) is 6.42 Å². The van der Waals surface area contributed by atoms with E-state index in [1.807, 2.05) is 37.4 Å². The monoisotopic (exact) mass is 496 g/mol. The molecule has 146 valence electrons. The first-order valence-electron chi connectivity index (χ1n) is 9.47. The third-order valence-corrected chi connectivity index (χ3v) is 5.33. The zero-order valence-corrected chi connectivity index (χ0v) is 18.3. The van der Waals surface area contributed by atoms with Gasteiger partial charge in [-0.25, -0.2) is 9.97 Å². The van der Waals surface area contributed by atoms with E-state index in [4.69, 9.17) is 14.7 Å². The summed E-state index contributed by atoms with van der Waals surface area (Å²) < 4.78 is 6.95. The zero-order valence-electron chi connectivity index (χ0n) is 16.1. The number of hydrogen-bond acceptors (Lipinski definition) is 5. The van der Waals surface area contributed by atoms with Gasteiger partial charge >= 0.3 is 0 Å². The number of benzene rings is 2. The van der Waals surface area contributed by atoms with Crippen molar-refractivity contribution < 1.29 is 4.74 Å². The average molecular weight is 496 g/mol. The molecule has 0 bridgehead atoms. The Morgan fingerprint density at radius 1 is 0.966 bits per heavy atom. The van der Waals surface area contributed by atoms with Gasteiger partial charge in [-0.2, -0.15) is 0 Å². The molecule has 0 amide bonds. The van der Waals surface area contributed by atoms with E-state index >= 15 is 0 Å². The number of rotatable bonds is 7. The fraction of sp³-hybridized carbons (Fsp3) is 0.174. The fourth-order valence-electron chi connectivity index (χ4n) is 3.13. The maximum Gasteiger partial charge on any atom is 0.163 e. The summed E-state index contributed by atoms with van der Waals surface area (Å²) in [6, 6.07) is 18.3. The molecule has 0 fully saturated rings. The summed E-state index contributed by atoms with van der Waals surface area (Å²) >= 11 is 2.37. The number of fused-ring (bicyclic) bond motifs is 1. The molecule has 29 heavy (non-hydrogen) atoms. The molecule has 0 saturated heterocycles. The second kappa shape index (κ2) is 9.17. The summed E-state index contributed by atoms with van der Waals surface area (Å²) in [6.07, 6.45) is 4.57. The minimum Gasteiger partial charge on any atom is -0.494 e. The second-order valence-electron chi connectivity index (χ2n) is 6.54. The van der Waals surface area contributed by atoms with Gasteiger partial charge in [-0.05, 0) is 53.9 Å². The molecule has 2 aromatic heterocycles. The topological polar surface area (TPSA) is 59.9 Å². The minimum absolute atomic E-state index is 0.661. The van der Waals surface area contributed by atoms with Gasteiger partial charge in [0.25, 0.3) is 0 Å². The van der Waals surface area contributed by atoms with Crippen LogP contribution in [0.3, 0.4) is 0 Å². The van der Waals surface area contributed by atoms with Crippen molar-refractivity contribution in [3.63, 3.8) is 0 Å². The smallest absolute Gasteiger partial charge is 0.163 e. The SMILES string of the molecule is CNc1nc(-c2cccnc2)nc2ccc(-c3cccc(OCCCI)c3)cc12. The van der Waals surface area contributed by atoms with Crippen LogP contribution in [-0.2, 0) is 0 Å². The summed E-state index contributed by atoms with van der Waals surface area (Å²) in [5.74, 6) is 2.35. The van der Waals surface area contributed by atoms with Gasteiger partial charge in [0.1, 0.15) is 11.6 Å². The molecule has 2 heterocycles. The molecule has 0 spiro atoms. The van der Waals surface area contributed by atoms with Crippen LogP contribution in [0.2, 0.25) is 0 Å². The van der Waals surface area contributed by atoms with Gasteiger partial charge in [-0.3, -0.25) is 4.98 Å². The Balaban J connectivity index is 1.72. The number of nitrogens with one attached hydrogen (secondary N) is 1. The molecular formula is C23H21IN4O. The number of aromatic nitrogens is 3. The number of alkyl halides is 1. The maximum absolute atomic E-state index is 5.86. The summed E-state index contributed by atoms with van der Waals surface area (Å²) in [4.78, 5) is 13.6. The van der Waals surface area contributed by atoms with E-state index in [2.05, 4.69) is 57.2 Å². The van der Waals surface area contributed by atoms with Crippen LogP contribution in [0.5, 0.6) is 5.75 Å². The van der Waals surface area contributed by atoms with Crippen LogP contribution in [0, 0.1) is 0 Å². The molecule has 0 saturated carbocycles. The average Bonchev–Trinajstić information content (AvgIpc) is 2.79. The molecule has 0 unspecified atom stereocenters. The molecule has 4 rings (SSSR count). The van der Waals surface area contributed by atoms with Crippen LogP contribution in [0.25, 0.3) is 33.4 Å². The Bertz CT molecular complexity index is 1120. The lowest BCUT2D eigenvalue weighted by Gasteiger charge is -2.11. The number of ether oxygens (including phenoxy) is 1. The molecule has 1 N–H and O–H groups in total. The Morgan fingerprint density at radius 3 is 2.62 bits per heavy atom. The van der Waals surface area contributed by atoms with Crippen LogP contribution in [0.4, 0.5) is 5.82 Å². The predicted molar refractivity (Wildman–Crippen MR) is 127 cm³/mol. The van der Waals surface area contributed by atoms with E-state index in [0.717, 1.165) is 56.6 Å². The summed E-state index contributed by atoms with van der Waals surface area (Å²) in [6.45, 7) is 0.735. The van der Waals surface area contributed by atoms with E-state index in [1.165, 1.54) is 0 Å². The molecule has 0 aliphatic carbocycles. The highest BCUT2D eigenvalue weighted by atomic mass is 127. The Kier molecular flexibility index (Phi) is 6.19. The number of pyridine rings is 1. The third-order valence-electron chi connectivity index (χ3n) is 4.57. The molecular weight excluding hydrogens is 475 g/mol. The van der Waals surface area contributed by atoms with Crippen LogP contribution < -0.4 is 10.1 Å². The lowest BCUT2D eigenvalue weighted by atomic mass is 10.0. The Morgan fingerprint density at radius 2 is 1.83 bits per heavy atom.